The van der Waals surface area contributed by atoms with E-state index in [2.05, 4.69) is 10.1 Å². The maximum atomic E-state index is 13.6. The summed E-state index contributed by atoms with van der Waals surface area (Å²) >= 11 is 1.46. The van der Waals surface area contributed by atoms with Gasteiger partial charge in [0.15, 0.2) is 17.4 Å². The third kappa shape index (κ3) is 5.10. The number of ether oxygens (including phenoxy) is 1. The summed E-state index contributed by atoms with van der Waals surface area (Å²) < 4.78 is 24.1. The van der Waals surface area contributed by atoms with Gasteiger partial charge < -0.3 is 14.2 Å². The van der Waals surface area contributed by atoms with Gasteiger partial charge in [-0.2, -0.15) is 4.98 Å². The van der Waals surface area contributed by atoms with Crippen LogP contribution in [0.2, 0.25) is 0 Å². The molecular weight excluding hydrogens is 381 g/mol. The number of halogens is 1. The number of hydrogen-bond donors (Lipinski definition) is 0. The quantitative estimate of drug-likeness (QED) is 0.532. The number of para-hydroxylation sites is 1. The minimum absolute atomic E-state index is 0.137. The van der Waals surface area contributed by atoms with E-state index < -0.39 is 5.82 Å². The molecule has 3 aromatic rings. The molecule has 28 heavy (non-hydrogen) atoms. The standard InChI is InChI=1S/C20H20FN3O3S/c1-14-22-19(27-23-14)13-28-18-10-6-3-7-15(18)20(25)24(2)11-12-26-17-9-5-4-8-16(17)21/h3-10H,11-13H2,1-2H3. The van der Waals surface area contributed by atoms with E-state index in [1.54, 1.807) is 43.1 Å². The van der Waals surface area contributed by atoms with Crippen molar-refractivity contribution in [2.75, 3.05) is 20.2 Å². The summed E-state index contributed by atoms with van der Waals surface area (Å²) in [6, 6.07) is 13.5. The fourth-order valence-electron chi connectivity index (χ4n) is 2.47. The van der Waals surface area contributed by atoms with Gasteiger partial charge in [-0.05, 0) is 31.2 Å². The highest BCUT2D eigenvalue weighted by Crippen LogP contribution is 2.26. The van der Waals surface area contributed by atoms with Gasteiger partial charge in [0.1, 0.15) is 6.61 Å². The predicted octanol–water partition coefficient (Wildman–Crippen LogP) is 3.96. The summed E-state index contributed by atoms with van der Waals surface area (Å²) in [5.74, 6) is 1.18. The zero-order chi connectivity index (χ0) is 19.9. The Morgan fingerprint density at radius 2 is 1.96 bits per heavy atom. The molecule has 3 rings (SSSR count). The van der Waals surface area contributed by atoms with Crippen molar-refractivity contribution in [3.05, 3.63) is 71.6 Å². The molecule has 0 bridgehead atoms. The Labute approximate surface area is 166 Å². The maximum absolute atomic E-state index is 13.6. The van der Waals surface area contributed by atoms with Gasteiger partial charge in [-0.3, -0.25) is 4.79 Å². The summed E-state index contributed by atoms with van der Waals surface area (Å²) in [4.78, 5) is 19.4. The van der Waals surface area contributed by atoms with E-state index in [0.29, 0.717) is 29.6 Å². The SMILES string of the molecule is Cc1noc(CSc2ccccc2C(=O)N(C)CCOc2ccccc2F)n1. The van der Waals surface area contributed by atoms with Crippen LogP contribution in [0.1, 0.15) is 22.1 Å². The number of benzene rings is 2. The number of likely N-dealkylation sites (N-methyl/N-ethyl adjacent to an activating group) is 1. The highest BCUT2D eigenvalue weighted by molar-refractivity contribution is 7.98. The minimum Gasteiger partial charge on any atom is -0.489 e. The van der Waals surface area contributed by atoms with Crippen LogP contribution in [-0.4, -0.2) is 41.1 Å². The lowest BCUT2D eigenvalue weighted by molar-refractivity contribution is 0.0769. The number of thioether (sulfide) groups is 1. The number of carbonyl (C=O) groups excluding carboxylic acids is 1. The van der Waals surface area contributed by atoms with Gasteiger partial charge in [0, 0.05) is 11.9 Å². The van der Waals surface area contributed by atoms with Gasteiger partial charge in [-0.15, -0.1) is 11.8 Å². The van der Waals surface area contributed by atoms with Gasteiger partial charge in [0.2, 0.25) is 5.89 Å². The van der Waals surface area contributed by atoms with Crippen molar-refractivity contribution in [1.82, 2.24) is 15.0 Å². The van der Waals surface area contributed by atoms with Crippen LogP contribution in [-0.2, 0) is 5.75 Å². The van der Waals surface area contributed by atoms with Crippen molar-refractivity contribution in [2.24, 2.45) is 0 Å². The second-order valence-corrected chi connectivity index (χ2v) is 7.04. The van der Waals surface area contributed by atoms with Crippen LogP contribution < -0.4 is 4.74 Å². The van der Waals surface area contributed by atoms with Crippen LogP contribution in [0.25, 0.3) is 0 Å². The van der Waals surface area contributed by atoms with E-state index in [-0.39, 0.29) is 18.3 Å². The van der Waals surface area contributed by atoms with E-state index in [4.69, 9.17) is 9.26 Å². The number of nitrogens with zero attached hydrogens (tertiary/aromatic N) is 3. The molecule has 0 aliphatic heterocycles. The Kier molecular flexibility index (Phi) is 6.65. The van der Waals surface area contributed by atoms with Gasteiger partial charge in [0.05, 0.1) is 17.9 Å². The smallest absolute Gasteiger partial charge is 0.254 e. The molecular formula is C20H20FN3O3S. The third-order valence-electron chi connectivity index (χ3n) is 3.91. The van der Waals surface area contributed by atoms with Gasteiger partial charge in [-0.25, -0.2) is 4.39 Å². The topological polar surface area (TPSA) is 68.5 Å². The van der Waals surface area contributed by atoms with E-state index >= 15 is 0 Å². The lowest BCUT2D eigenvalue weighted by Gasteiger charge is -2.19. The molecule has 0 aliphatic rings. The number of aromatic nitrogens is 2. The van der Waals surface area contributed by atoms with E-state index in [0.717, 1.165) is 4.90 Å². The van der Waals surface area contributed by atoms with Crippen molar-refractivity contribution in [2.45, 2.75) is 17.6 Å². The molecule has 0 aliphatic carbocycles. The molecule has 1 aromatic heterocycles. The molecule has 0 saturated heterocycles. The zero-order valence-corrected chi connectivity index (χ0v) is 16.4. The van der Waals surface area contributed by atoms with E-state index in [1.165, 1.54) is 17.8 Å². The summed E-state index contributed by atoms with van der Waals surface area (Å²) in [7, 11) is 1.69. The molecule has 0 N–H and O–H groups in total. The van der Waals surface area contributed by atoms with Crippen LogP contribution in [0.15, 0.2) is 57.9 Å². The Bertz CT molecular complexity index is 948. The average Bonchev–Trinajstić information content (AvgIpc) is 3.12. The van der Waals surface area contributed by atoms with E-state index in [1.807, 2.05) is 18.2 Å². The molecule has 6 nitrogen and oxygen atoms in total. The number of aryl methyl sites for hydroxylation is 1. The fraction of sp³-hybridized carbons (Fsp3) is 0.250. The highest BCUT2D eigenvalue weighted by atomic mass is 32.2. The second kappa shape index (κ2) is 9.36. The van der Waals surface area contributed by atoms with Crippen LogP contribution in [0.5, 0.6) is 5.75 Å². The minimum atomic E-state index is -0.422. The first kappa shape index (κ1) is 19.9. The lowest BCUT2D eigenvalue weighted by atomic mass is 10.2. The summed E-state index contributed by atoms with van der Waals surface area (Å²) in [5.41, 5.74) is 0.581. The van der Waals surface area contributed by atoms with Crippen LogP contribution in [0, 0.1) is 12.7 Å². The molecule has 1 amide bonds. The summed E-state index contributed by atoms with van der Waals surface area (Å²) in [5, 5.41) is 3.76. The molecule has 1 heterocycles. The third-order valence-corrected chi connectivity index (χ3v) is 4.96. The maximum Gasteiger partial charge on any atom is 0.254 e. The first-order valence-electron chi connectivity index (χ1n) is 8.68. The zero-order valence-electron chi connectivity index (χ0n) is 15.6. The Morgan fingerprint density at radius 1 is 1.21 bits per heavy atom. The summed E-state index contributed by atoms with van der Waals surface area (Å²) in [6.45, 7) is 2.28. The number of rotatable bonds is 8. The van der Waals surface area contributed by atoms with E-state index in [9.17, 15) is 9.18 Å². The molecule has 0 fully saturated rings. The van der Waals surface area contributed by atoms with Crippen LogP contribution in [0.3, 0.4) is 0 Å². The van der Waals surface area contributed by atoms with Gasteiger partial charge >= 0.3 is 0 Å². The normalized spacial score (nSPS) is 10.7. The van der Waals surface area contributed by atoms with Crippen molar-refractivity contribution in [3.63, 3.8) is 0 Å². The number of hydrogen-bond acceptors (Lipinski definition) is 6. The lowest BCUT2D eigenvalue weighted by Crippen LogP contribution is -2.31. The Hall–Kier alpha value is -2.87. The first-order valence-corrected chi connectivity index (χ1v) is 9.67. The molecule has 0 spiro atoms. The molecule has 0 atom stereocenters. The molecule has 146 valence electrons. The fourth-order valence-corrected chi connectivity index (χ4v) is 3.35. The average molecular weight is 401 g/mol. The van der Waals surface area contributed by atoms with Gasteiger partial charge in [0.25, 0.3) is 5.91 Å². The predicted molar refractivity (Wildman–Crippen MR) is 104 cm³/mol. The molecule has 2 aromatic carbocycles. The number of carbonyl (C=O) groups is 1. The Morgan fingerprint density at radius 3 is 2.71 bits per heavy atom. The second-order valence-electron chi connectivity index (χ2n) is 6.03. The van der Waals surface area contributed by atoms with Crippen LogP contribution in [0.4, 0.5) is 4.39 Å². The molecule has 8 heteroatoms. The molecule has 0 radical (unpaired) electrons. The van der Waals surface area contributed by atoms with Gasteiger partial charge in [-0.1, -0.05) is 29.4 Å². The molecule has 0 unspecified atom stereocenters. The largest absolute Gasteiger partial charge is 0.489 e. The summed E-state index contributed by atoms with van der Waals surface area (Å²) in [6.07, 6.45) is 0. The highest BCUT2D eigenvalue weighted by Gasteiger charge is 2.17. The van der Waals surface area contributed by atoms with Crippen molar-refractivity contribution in [3.8, 4) is 5.75 Å². The van der Waals surface area contributed by atoms with Crippen LogP contribution >= 0.6 is 11.8 Å². The van der Waals surface area contributed by atoms with Crippen molar-refractivity contribution >= 4 is 17.7 Å². The monoisotopic (exact) mass is 401 g/mol. The Balaban J connectivity index is 1.59. The molecule has 0 saturated carbocycles. The first-order chi connectivity index (χ1) is 13.5. The van der Waals surface area contributed by atoms with Crippen molar-refractivity contribution < 1.29 is 18.4 Å². The number of amides is 1. The van der Waals surface area contributed by atoms with Crippen molar-refractivity contribution in [1.29, 1.82) is 0 Å².